The molecular weight excluding hydrogens is 508 g/mol. The van der Waals surface area contributed by atoms with Crippen molar-refractivity contribution in [1.29, 1.82) is 0 Å². The van der Waals surface area contributed by atoms with Crippen LogP contribution in [-0.4, -0.2) is 25.8 Å². The number of hydrogen-bond acceptors (Lipinski definition) is 8. The van der Waals surface area contributed by atoms with E-state index in [2.05, 4.69) is 20.5 Å². The van der Waals surface area contributed by atoms with Gasteiger partial charge in [0.25, 0.3) is 15.9 Å². The molecule has 4 rings (SSSR count). The van der Waals surface area contributed by atoms with Gasteiger partial charge in [-0.1, -0.05) is 42.7 Å². The number of thiazole rings is 1. The maximum atomic E-state index is 13.6. The molecule has 2 aromatic carbocycles. The number of halogens is 1. The molecule has 12 heteroatoms. The van der Waals surface area contributed by atoms with Gasteiger partial charge in [-0.05, 0) is 49.1 Å². The lowest BCUT2D eigenvalue weighted by Crippen LogP contribution is -2.80. The average molecular weight is 534 g/mol. The van der Waals surface area contributed by atoms with Gasteiger partial charge in [0, 0.05) is 33.9 Å². The van der Waals surface area contributed by atoms with E-state index in [1.54, 1.807) is 29.9 Å². The van der Waals surface area contributed by atoms with Crippen molar-refractivity contribution >= 4 is 44.5 Å². The summed E-state index contributed by atoms with van der Waals surface area (Å²) < 4.78 is 34.8. The SMILES string of the molecule is Cc1csc(S(=O)(=O)N(CC(C)C)c2cc(C)c(Cl)cc2OCc2ccc(C3=NN=N[NH2+]3)cc2)n1. The molecule has 0 unspecified atom stereocenters. The Kier molecular flexibility index (Phi) is 7.50. The molecule has 0 aliphatic carbocycles. The standard InChI is InChI=1S/C23H25ClN6O3S2/c1-14(2)11-30(35(31,32)23-25-16(4)13-34-23)20-9-15(3)19(24)10-21(20)33-12-17-5-7-18(8-6-17)22-26-28-29-27-22/h5-10,13-14H,11-12H2,1-4H3,(H,26,27,28,29)/p+1. The molecule has 1 aromatic heterocycles. The number of ether oxygens (including phenoxy) is 1. The highest BCUT2D eigenvalue weighted by Crippen LogP contribution is 2.38. The Bertz CT molecular complexity index is 1380. The second-order valence-corrected chi connectivity index (χ2v) is 11.9. The van der Waals surface area contributed by atoms with Crippen LogP contribution in [0.15, 0.2) is 61.7 Å². The summed E-state index contributed by atoms with van der Waals surface area (Å²) in [6, 6.07) is 11.1. The molecule has 184 valence electrons. The Morgan fingerprint density at radius 2 is 1.91 bits per heavy atom. The number of sulfonamides is 1. The number of aryl methyl sites for hydroxylation is 2. The Morgan fingerprint density at radius 1 is 1.17 bits per heavy atom. The van der Waals surface area contributed by atoms with Crippen molar-refractivity contribution < 1.29 is 18.6 Å². The maximum absolute atomic E-state index is 13.6. The fourth-order valence-electron chi connectivity index (χ4n) is 3.41. The van der Waals surface area contributed by atoms with E-state index in [9.17, 15) is 8.42 Å². The van der Waals surface area contributed by atoms with Crippen molar-refractivity contribution in [1.82, 2.24) is 4.98 Å². The van der Waals surface area contributed by atoms with Crippen LogP contribution in [0.3, 0.4) is 0 Å². The minimum absolute atomic E-state index is 0.0508. The van der Waals surface area contributed by atoms with Gasteiger partial charge in [0.2, 0.25) is 4.34 Å². The van der Waals surface area contributed by atoms with Crippen LogP contribution >= 0.6 is 22.9 Å². The minimum atomic E-state index is -3.90. The van der Waals surface area contributed by atoms with E-state index in [0.29, 0.717) is 28.0 Å². The third-order valence-electron chi connectivity index (χ3n) is 5.18. The molecule has 35 heavy (non-hydrogen) atoms. The highest BCUT2D eigenvalue weighted by molar-refractivity contribution is 7.94. The summed E-state index contributed by atoms with van der Waals surface area (Å²) in [5.74, 6) is 1.14. The summed E-state index contributed by atoms with van der Waals surface area (Å²) in [7, 11) is -3.90. The van der Waals surface area contributed by atoms with Crippen molar-refractivity contribution in [2.45, 2.75) is 38.6 Å². The monoisotopic (exact) mass is 533 g/mol. The number of quaternary nitrogens is 1. The molecule has 0 amide bonds. The van der Waals surface area contributed by atoms with Crippen molar-refractivity contribution in [2.75, 3.05) is 10.8 Å². The first-order chi connectivity index (χ1) is 16.6. The van der Waals surface area contributed by atoms with Crippen LogP contribution in [0.25, 0.3) is 0 Å². The quantitative estimate of drug-likeness (QED) is 0.409. The van der Waals surface area contributed by atoms with E-state index in [4.69, 9.17) is 16.3 Å². The van der Waals surface area contributed by atoms with Gasteiger partial charge < -0.3 is 4.74 Å². The van der Waals surface area contributed by atoms with Gasteiger partial charge in [-0.15, -0.1) is 16.8 Å². The highest BCUT2D eigenvalue weighted by Gasteiger charge is 2.31. The zero-order valence-corrected chi connectivity index (χ0v) is 22.2. The second kappa shape index (κ2) is 10.4. The molecule has 0 atom stereocenters. The van der Waals surface area contributed by atoms with E-state index in [1.807, 2.05) is 45.0 Å². The van der Waals surface area contributed by atoms with E-state index >= 15 is 0 Å². The lowest BCUT2D eigenvalue weighted by atomic mass is 10.1. The van der Waals surface area contributed by atoms with Crippen molar-refractivity contribution in [3.05, 3.63) is 69.2 Å². The molecule has 1 aliphatic rings. The Labute approximate surface area is 213 Å². The van der Waals surface area contributed by atoms with Crippen molar-refractivity contribution in [2.24, 2.45) is 21.5 Å². The lowest BCUT2D eigenvalue weighted by molar-refractivity contribution is -0.546. The summed E-state index contributed by atoms with van der Waals surface area (Å²) in [6.45, 7) is 8.03. The van der Waals surface area contributed by atoms with Crippen molar-refractivity contribution in [3.63, 3.8) is 0 Å². The topological polar surface area (TPSA) is 113 Å². The van der Waals surface area contributed by atoms with Crippen molar-refractivity contribution in [3.8, 4) is 5.75 Å². The van der Waals surface area contributed by atoms with Gasteiger partial charge in [0.1, 0.15) is 12.4 Å². The second-order valence-electron chi connectivity index (χ2n) is 8.56. The van der Waals surface area contributed by atoms with Crippen LogP contribution in [0.4, 0.5) is 5.69 Å². The first-order valence-electron chi connectivity index (χ1n) is 10.9. The van der Waals surface area contributed by atoms with Crippen LogP contribution < -0.4 is 14.5 Å². The van der Waals surface area contributed by atoms with E-state index < -0.39 is 10.0 Å². The van der Waals surface area contributed by atoms with Gasteiger partial charge in [-0.2, -0.15) is 8.42 Å². The summed E-state index contributed by atoms with van der Waals surface area (Å²) in [6.07, 6.45) is 0. The molecule has 9 nitrogen and oxygen atoms in total. The number of rotatable bonds is 9. The normalized spacial score (nSPS) is 13.4. The summed E-state index contributed by atoms with van der Waals surface area (Å²) >= 11 is 7.52. The summed E-state index contributed by atoms with van der Waals surface area (Å²) in [5.41, 5.74) is 5.24. The average Bonchev–Trinajstić information content (AvgIpc) is 3.51. The third-order valence-corrected chi connectivity index (χ3v) is 8.72. The van der Waals surface area contributed by atoms with Crippen LogP contribution in [0.2, 0.25) is 5.02 Å². The Morgan fingerprint density at radius 3 is 2.51 bits per heavy atom. The van der Waals surface area contributed by atoms with Crippen LogP contribution in [0.5, 0.6) is 5.75 Å². The number of aromatic nitrogens is 1. The number of anilines is 1. The first kappa shape index (κ1) is 25.2. The molecule has 3 aromatic rings. The molecule has 1 aliphatic heterocycles. The molecule has 0 radical (unpaired) electrons. The van der Waals surface area contributed by atoms with E-state index in [-0.39, 0.29) is 23.4 Å². The molecule has 2 heterocycles. The Balaban J connectivity index is 1.65. The number of nitrogens with two attached hydrogens (primary N) is 1. The fourth-order valence-corrected chi connectivity index (χ4v) is 6.33. The number of amidine groups is 1. The molecule has 0 spiro atoms. The molecule has 0 fully saturated rings. The van der Waals surface area contributed by atoms with E-state index in [1.165, 1.54) is 4.31 Å². The molecule has 0 saturated heterocycles. The molecular formula is C23H26ClN6O3S2+. The predicted octanol–water partition coefficient (Wildman–Crippen LogP) is 4.45. The van der Waals surface area contributed by atoms with Crippen LogP contribution in [0.1, 0.15) is 36.2 Å². The first-order valence-corrected chi connectivity index (χ1v) is 13.6. The maximum Gasteiger partial charge on any atom is 0.291 e. The largest absolute Gasteiger partial charge is 0.487 e. The summed E-state index contributed by atoms with van der Waals surface area (Å²) in [4.78, 5) is 4.24. The molecule has 2 N–H and O–H groups in total. The zero-order valence-electron chi connectivity index (χ0n) is 19.8. The number of benzene rings is 2. The van der Waals surface area contributed by atoms with E-state index in [0.717, 1.165) is 28.0 Å². The van der Waals surface area contributed by atoms with Gasteiger partial charge in [0.05, 0.1) is 16.5 Å². The van der Waals surface area contributed by atoms with Gasteiger partial charge in [0.15, 0.2) is 0 Å². The Hall–Kier alpha value is -2.86. The molecule has 0 saturated carbocycles. The highest BCUT2D eigenvalue weighted by atomic mass is 35.5. The van der Waals surface area contributed by atoms with Gasteiger partial charge in [-0.3, -0.25) is 4.31 Å². The lowest BCUT2D eigenvalue weighted by Gasteiger charge is -2.27. The predicted molar refractivity (Wildman–Crippen MR) is 137 cm³/mol. The number of hydrogen-bond donors (Lipinski definition) is 1. The van der Waals surface area contributed by atoms with Gasteiger partial charge >= 0.3 is 0 Å². The van der Waals surface area contributed by atoms with Crippen LogP contribution in [0, 0.1) is 19.8 Å². The third kappa shape index (κ3) is 5.69. The molecule has 0 bridgehead atoms. The minimum Gasteiger partial charge on any atom is -0.487 e. The number of nitrogens with zero attached hydrogens (tertiary/aromatic N) is 5. The van der Waals surface area contributed by atoms with Crippen LogP contribution in [-0.2, 0) is 16.6 Å². The summed E-state index contributed by atoms with van der Waals surface area (Å²) in [5, 5.41) is 13.5. The smallest absolute Gasteiger partial charge is 0.291 e. The fraction of sp³-hybridized carbons (Fsp3) is 0.304. The zero-order chi connectivity index (χ0) is 25.2. The van der Waals surface area contributed by atoms with Gasteiger partial charge in [-0.25, -0.2) is 4.98 Å².